The van der Waals surface area contributed by atoms with Crippen molar-refractivity contribution in [3.8, 4) is 0 Å². The largest absolute Gasteiger partial charge is 0.351 e. The molecule has 0 aliphatic carbocycles. The Kier molecular flexibility index (Phi) is 5.55. The summed E-state index contributed by atoms with van der Waals surface area (Å²) in [7, 11) is 0. The van der Waals surface area contributed by atoms with Gasteiger partial charge in [-0.2, -0.15) is 0 Å². The van der Waals surface area contributed by atoms with E-state index in [0.717, 1.165) is 12.1 Å². The Morgan fingerprint density at radius 2 is 1.15 bits per heavy atom. The van der Waals surface area contributed by atoms with E-state index in [1.165, 1.54) is 36.4 Å². The lowest BCUT2D eigenvalue weighted by molar-refractivity contribution is -0.154. The molecule has 3 rings (SSSR count). The van der Waals surface area contributed by atoms with Gasteiger partial charge in [-0.15, -0.1) is 0 Å². The van der Waals surface area contributed by atoms with Gasteiger partial charge >= 0.3 is 0 Å². The van der Waals surface area contributed by atoms with Crippen LogP contribution in [0.25, 0.3) is 0 Å². The molecule has 0 spiro atoms. The fourth-order valence-electron chi connectivity index (χ4n) is 2.46. The van der Waals surface area contributed by atoms with Crippen LogP contribution in [0.15, 0.2) is 48.5 Å². The number of carbonyl (C=O) groups is 2. The summed E-state index contributed by atoms with van der Waals surface area (Å²) in [4.78, 5) is 24.5. The standard InChI is InChI=1S/C18H16F2N2O4/c19-13-7-3-1-5-11(13)15(23)21-17-18(26-10-9-25-17)22-16(24)12-6-2-4-8-14(12)20/h1-8,17-18H,9-10H2,(H,21,23)(H,22,24)/t17-,18+. The number of halogens is 2. The molecule has 1 heterocycles. The lowest BCUT2D eigenvalue weighted by Gasteiger charge is -2.32. The summed E-state index contributed by atoms with van der Waals surface area (Å²) in [5.41, 5.74) is -0.332. The molecule has 2 N–H and O–H groups in total. The molecule has 6 nitrogen and oxygen atoms in total. The van der Waals surface area contributed by atoms with Crippen molar-refractivity contribution in [2.75, 3.05) is 13.2 Å². The summed E-state index contributed by atoms with van der Waals surface area (Å²) < 4.78 is 38.2. The Hall–Kier alpha value is -2.84. The van der Waals surface area contributed by atoms with Crippen molar-refractivity contribution < 1.29 is 27.8 Å². The van der Waals surface area contributed by atoms with E-state index < -0.39 is 35.9 Å². The van der Waals surface area contributed by atoms with Crippen LogP contribution in [0.1, 0.15) is 20.7 Å². The van der Waals surface area contributed by atoms with Crippen LogP contribution in [0.5, 0.6) is 0 Å². The van der Waals surface area contributed by atoms with Crippen molar-refractivity contribution in [1.29, 1.82) is 0 Å². The highest BCUT2D eigenvalue weighted by atomic mass is 19.1. The molecule has 0 bridgehead atoms. The van der Waals surface area contributed by atoms with Crippen LogP contribution in [0.3, 0.4) is 0 Å². The number of nitrogens with one attached hydrogen (secondary N) is 2. The van der Waals surface area contributed by atoms with E-state index in [9.17, 15) is 18.4 Å². The quantitative estimate of drug-likeness (QED) is 0.870. The minimum atomic E-state index is -1.05. The van der Waals surface area contributed by atoms with Gasteiger partial charge in [0.05, 0.1) is 24.3 Å². The number of hydrogen-bond acceptors (Lipinski definition) is 4. The molecule has 8 heteroatoms. The number of carbonyl (C=O) groups excluding carboxylic acids is 2. The van der Waals surface area contributed by atoms with Gasteiger partial charge in [0.1, 0.15) is 11.6 Å². The Morgan fingerprint density at radius 3 is 1.54 bits per heavy atom. The first-order valence-electron chi connectivity index (χ1n) is 7.90. The van der Waals surface area contributed by atoms with Gasteiger partial charge in [-0.05, 0) is 24.3 Å². The Bertz CT molecular complexity index is 748. The van der Waals surface area contributed by atoms with E-state index in [1.807, 2.05) is 0 Å². The Labute approximate surface area is 148 Å². The average molecular weight is 362 g/mol. The number of amides is 2. The van der Waals surface area contributed by atoms with Gasteiger partial charge < -0.3 is 20.1 Å². The molecular formula is C18H16F2N2O4. The second-order valence-electron chi connectivity index (χ2n) is 5.49. The lowest BCUT2D eigenvalue weighted by atomic mass is 10.2. The molecule has 1 aliphatic rings. The monoisotopic (exact) mass is 362 g/mol. The summed E-state index contributed by atoms with van der Waals surface area (Å²) in [6.07, 6.45) is -2.10. The first-order valence-corrected chi connectivity index (χ1v) is 7.90. The molecule has 0 radical (unpaired) electrons. The van der Waals surface area contributed by atoms with Crippen LogP contribution in [-0.2, 0) is 9.47 Å². The third-order valence-corrected chi connectivity index (χ3v) is 3.74. The molecule has 2 atom stereocenters. The highest BCUT2D eigenvalue weighted by Crippen LogP contribution is 2.12. The zero-order chi connectivity index (χ0) is 18.5. The maximum Gasteiger partial charge on any atom is 0.256 e. The van der Waals surface area contributed by atoms with Gasteiger partial charge in [0.25, 0.3) is 11.8 Å². The maximum atomic E-state index is 13.7. The highest BCUT2D eigenvalue weighted by molar-refractivity contribution is 5.95. The zero-order valence-corrected chi connectivity index (χ0v) is 13.6. The van der Waals surface area contributed by atoms with Crippen molar-refractivity contribution in [1.82, 2.24) is 10.6 Å². The van der Waals surface area contributed by atoms with E-state index in [-0.39, 0.29) is 24.3 Å². The molecule has 0 saturated carbocycles. The van der Waals surface area contributed by atoms with Gasteiger partial charge in [0.15, 0.2) is 12.5 Å². The van der Waals surface area contributed by atoms with Gasteiger partial charge in [-0.25, -0.2) is 8.78 Å². The van der Waals surface area contributed by atoms with Gasteiger partial charge in [0, 0.05) is 0 Å². The van der Waals surface area contributed by atoms with E-state index in [2.05, 4.69) is 10.6 Å². The minimum absolute atomic E-state index is 0.166. The SMILES string of the molecule is O=C(N[C@@H]1OCCO[C@@H]1NC(=O)c1ccccc1F)c1ccccc1F. The van der Waals surface area contributed by atoms with Crippen molar-refractivity contribution in [3.05, 3.63) is 71.3 Å². The predicted octanol–water partition coefficient (Wildman–Crippen LogP) is 1.82. The lowest BCUT2D eigenvalue weighted by Crippen LogP contribution is -2.57. The second-order valence-corrected chi connectivity index (χ2v) is 5.49. The van der Waals surface area contributed by atoms with E-state index >= 15 is 0 Å². The summed E-state index contributed by atoms with van der Waals surface area (Å²) >= 11 is 0. The summed E-state index contributed by atoms with van der Waals surface area (Å²) in [5, 5.41) is 4.93. The first-order chi connectivity index (χ1) is 12.6. The van der Waals surface area contributed by atoms with E-state index in [0.29, 0.717) is 0 Å². The number of benzene rings is 2. The molecular weight excluding hydrogens is 346 g/mol. The van der Waals surface area contributed by atoms with Crippen molar-refractivity contribution in [3.63, 3.8) is 0 Å². The fraction of sp³-hybridized carbons (Fsp3) is 0.222. The molecule has 0 aromatic heterocycles. The van der Waals surface area contributed by atoms with Gasteiger partial charge in [0.2, 0.25) is 0 Å². The molecule has 1 saturated heterocycles. The maximum absolute atomic E-state index is 13.7. The van der Waals surface area contributed by atoms with Crippen molar-refractivity contribution in [2.24, 2.45) is 0 Å². The third-order valence-electron chi connectivity index (χ3n) is 3.74. The number of rotatable bonds is 4. The first kappa shape index (κ1) is 18.0. The van der Waals surface area contributed by atoms with Crippen LogP contribution in [0.2, 0.25) is 0 Å². The third kappa shape index (κ3) is 4.04. The molecule has 2 amide bonds. The molecule has 2 aromatic carbocycles. The molecule has 0 unspecified atom stereocenters. The van der Waals surface area contributed by atoms with Crippen LogP contribution in [0.4, 0.5) is 8.78 Å². The summed E-state index contributed by atoms with van der Waals surface area (Å²) in [5.74, 6) is -2.81. The molecule has 2 aromatic rings. The second kappa shape index (κ2) is 8.03. The molecule has 1 fully saturated rings. The van der Waals surface area contributed by atoms with Crippen LogP contribution in [-0.4, -0.2) is 37.5 Å². The smallest absolute Gasteiger partial charge is 0.256 e. The summed E-state index contributed by atoms with van der Waals surface area (Å²) in [6.45, 7) is 0.350. The summed E-state index contributed by atoms with van der Waals surface area (Å²) in [6, 6.07) is 10.9. The fourth-order valence-corrected chi connectivity index (χ4v) is 2.46. The topological polar surface area (TPSA) is 76.7 Å². The Balaban J connectivity index is 1.70. The highest BCUT2D eigenvalue weighted by Gasteiger charge is 2.31. The minimum Gasteiger partial charge on any atom is -0.351 e. The Morgan fingerprint density at radius 1 is 0.769 bits per heavy atom. The van der Waals surface area contributed by atoms with Crippen LogP contribution < -0.4 is 10.6 Å². The van der Waals surface area contributed by atoms with Crippen LogP contribution in [0, 0.1) is 11.6 Å². The number of ether oxygens (including phenoxy) is 2. The van der Waals surface area contributed by atoms with E-state index in [1.54, 1.807) is 0 Å². The zero-order valence-electron chi connectivity index (χ0n) is 13.6. The predicted molar refractivity (Wildman–Crippen MR) is 87.2 cm³/mol. The number of hydrogen-bond donors (Lipinski definition) is 2. The average Bonchev–Trinajstić information content (AvgIpc) is 2.64. The van der Waals surface area contributed by atoms with Gasteiger partial charge in [-0.3, -0.25) is 9.59 Å². The van der Waals surface area contributed by atoms with Crippen molar-refractivity contribution in [2.45, 2.75) is 12.5 Å². The van der Waals surface area contributed by atoms with E-state index in [4.69, 9.17) is 9.47 Å². The normalized spacial score (nSPS) is 19.6. The van der Waals surface area contributed by atoms with Gasteiger partial charge in [-0.1, -0.05) is 24.3 Å². The van der Waals surface area contributed by atoms with Crippen LogP contribution >= 0.6 is 0 Å². The molecule has 1 aliphatic heterocycles. The molecule has 136 valence electrons. The molecule has 26 heavy (non-hydrogen) atoms. The van der Waals surface area contributed by atoms with Crippen molar-refractivity contribution >= 4 is 11.8 Å².